The van der Waals surface area contributed by atoms with E-state index >= 15 is 0 Å². The van der Waals surface area contributed by atoms with Crippen LogP contribution in [0.2, 0.25) is 0 Å². The zero-order valence-electron chi connectivity index (χ0n) is 18.1. The van der Waals surface area contributed by atoms with Gasteiger partial charge in [-0.3, -0.25) is 4.79 Å². The highest BCUT2D eigenvalue weighted by Gasteiger charge is 2.30. The van der Waals surface area contributed by atoms with E-state index in [1.165, 1.54) is 4.31 Å². The molecule has 0 unspecified atom stereocenters. The number of hydrogen-bond donors (Lipinski definition) is 1. The fourth-order valence-corrected chi connectivity index (χ4v) is 6.50. The number of thioether (sulfide) groups is 1. The number of carbonyl (C=O) groups is 1. The average molecular weight is 491 g/mol. The van der Waals surface area contributed by atoms with Gasteiger partial charge in [-0.25, -0.2) is 8.42 Å². The van der Waals surface area contributed by atoms with Crippen LogP contribution in [0.1, 0.15) is 6.42 Å². The van der Waals surface area contributed by atoms with Crippen molar-refractivity contribution in [3.05, 3.63) is 30.3 Å². The highest BCUT2D eigenvalue weighted by Crippen LogP contribution is 2.33. The summed E-state index contributed by atoms with van der Waals surface area (Å²) in [5.74, 6) is 2.17. The van der Waals surface area contributed by atoms with Crippen LogP contribution in [0.4, 0.5) is 17.3 Å². The van der Waals surface area contributed by atoms with Gasteiger partial charge in [0.1, 0.15) is 0 Å². The molecule has 0 saturated carbocycles. The Labute approximate surface area is 197 Å². The predicted molar refractivity (Wildman–Crippen MR) is 126 cm³/mol. The lowest BCUT2D eigenvalue weighted by Crippen LogP contribution is -2.49. The molecule has 2 aromatic rings. The summed E-state index contributed by atoms with van der Waals surface area (Å²) in [5, 5.41) is 11.5. The number of piperazine rings is 1. The summed E-state index contributed by atoms with van der Waals surface area (Å²) in [7, 11) is -3.66. The molecule has 0 spiro atoms. The number of hydrogen-bond acceptors (Lipinski definition) is 9. The van der Waals surface area contributed by atoms with Crippen molar-refractivity contribution in [2.24, 2.45) is 0 Å². The number of fused-ring (bicyclic) bond motifs is 1. The Bertz CT molecular complexity index is 1110. The lowest BCUT2D eigenvalue weighted by molar-refractivity contribution is -0.115. The van der Waals surface area contributed by atoms with Gasteiger partial charge < -0.3 is 19.9 Å². The fraction of sp³-hybridized carbons (Fsp3) is 0.476. The van der Waals surface area contributed by atoms with Crippen molar-refractivity contribution in [3.63, 3.8) is 0 Å². The van der Waals surface area contributed by atoms with E-state index in [0.717, 1.165) is 29.6 Å². The maximum atomic E-state index is 13.2. The van der Waals surface area contributed by atoms with Crippen LogP contribution in [0.15, 0.2) is 40.1 Å². The second-order valence-corrected chi connectivity index (χ2v) is 11.1. The molecule has 3 aliphatic heterocycles. The molecule has 33 heavy (non-hydrogen) atoms. The van der Waals surface area contributed by atoms with E-state index in [9.17, 15) is 13.2 Å². The van der Waals surface area contributed by atoms with Crippen molar-refractivity contribution < 1.29 is 17.9 Å². The Kier molecular flexibility index (Phi) is 6.41. The molecule has 0 atom stereocenters. The van der Waals surface area contributed by atoms with Crippen molar-refractivity contribution in [3.8, 4) is 0 Å². The molecule has 1 N–H and O–H groups in total. The molecule has 0 radical (unpaired) electrons. The number of anilines is 3. The van der Waals surface area contributed by atoms with Gasteiger partial charge in [0.2, 0.25) is 15.9 Å². The van der Waals surface area contributed by atoms with Crippen LogP contribution in [0, 0.1) is 0 Å². The van der Waals surface area contributed by atoms with Gasteiger partial charge in [-0.15, -0.1) is 22.0 Å². The van der Waals surface area contributed by atoms with Gasteiger partial charge in [0.25, 0.3) is 0 Å². The number of ether oxygens (including phenoxy) is 1. The van der Waals surface area contributed by atoms with Crippen LogP contribution in [0.3, 0.4) is 0 Å². The second-order valence-electron chi connectivity index (χ2n) is 8.04. The summed E-state index contributed by atoms with van der Waals surface area (Å²) in [6, 6.07) is 8.87. The van der Waals surface area contributed by atoms with Gasteiger partial charge in [-0.1, -0.05) is 0 Å². The third kappa shape index (κ3) is 4.79. The third-order valence-corrected chi connectivity index (χ3v) is 8.95. The number of morpholine rings is 1. The number of benzene rings is 1. The molecule has 10 nitrogen and oxygen atoms in total. The van der Waals surface area contributed by atoms with Gasteiger partial charge in [-0.2, -0.15) is 4.31 Å². The predicted octanol–water partition coefficient (Wildman–Crippen LogP) is 1.26. The van der Waals surface area contributed by atoms with E-state index in [1.54, 1.807) is 30.0 Å². The van der Waals surface area contributed by atoms with Crippen LogP contribution in [-0.2, 0) is 19.6 Å². The molecule has 3 aliphatic rings. The molecule has 2 fully saturated rings. The number of nitrogens with zero attached hydrogens (tertiary/aromatic N) is 5. The lowest BCUT2D eigenvalue weighted by atomic mass is 10.3. The largest absolute Gasteiger partial charge is 0.378 e. The monoisotopic (exact) mass is 490 g/mol. The normalized spacial score (nSPS) is 20.2. The first-order valence-electron chi connectivity index (χ1n) is 11.0. The Morgan fingerprint density at radius 2 is 1.58 bits per heavy atom. The zero-order valence-corrected chi connectivity index (χ0v) is 19.8. The summed E-state index contributed by atoms with van der Waals surface area (Å²) in [6.45, 7) is 4.75. The third-order valence-electron chi connectivity index (χ3n) is 5.98. The van der Waals surface area contributed by atoms with E-state index in [1.807, 2.05) is 12.1 Å². The minimum Gasteiger partial charge on any atom is -0.378 e. The molecule has 0 aliphatic carbocycles. The highest BCUT2D eigenvalue weighted by molar-refractivity contribution is 7.99. The molecule has 0 bridgehead atoms. The Morgan fingerprint density at radius 3 is 2.24 bits per heavy atom. The van der Waals surface area contributed by atoms with Crippen molar-refractivity contribution in [1.82, 2.24) is 14.5 Å². The molecule has 2 saturated heterocycles. The SMILES string of the molecule is O=C1CCSc2ccc(S(=O)(=O)N3CCN(c4ccc(N5CCOCC5)nn4)CC3)cc2N1. The average Bonchev–Trinajstić information content (AvgIpc) is 3.04. The van der Waals surface area contributed by atoms with E-state index in [2.05, 4.69) is 25.3 Å². The molecule has 5 rings (SSSR count). The van der Waals surface area contributed by atoms with Gasteiger partial charge in [-0.05, 0) is 30.3 Å². The first kappa shape index (κ1) is 22.4. The molecule has 176 valence electrons. The fourth-order valence-electron chi connectivity index (χ4n) is 4.11. The van der Waals surface area contributed by atoms with Gasteiger partial charge in [0, 0.05) is 56.3 Å². The molecule has 4 heterocycles. The maximum Gasteiger partial charge on any atom is 0.243 e. The standard InChI is InChI=1S/C21H26N6O4S2/c28-21-5-14-32-18-2-1-16(15-17(18)22-21)33(29,30)27-8-6-25(7-9-27)19-3-4-20(24-23-19)26-10-12-31-13-11-26/h1-4,15H,5-14H2,(H,22,28). The van der Waals surface area contributed by atoms with Crippen LogP contribution >= 0.6 is 11.8 Å². The van der Waals surface area contributed by atoms with E-state index in [0.29, 0.717) is 57.3 Å². The highest BCUT2D eigenvalue weighted by atomic mass is 32.2. The second kappa shape index (κ2) is 9.45. The van der Waals surface area contributed by atoms with Crippen LogP contribution in [0.5, 0.6) is 0 Å². The summed E-state index contributed by atoms with van der Waals surface area (Å²) < 4.78 is 33.4. The number of sulfonamides is 1. The quantitative estimate of drug-likeness (QED) is 0.678. The minimum atomic E-state index is -3.66. The first-order chi connectivity index (χ1) is 16.0. The smallest absolute Gasteiger partial charge is 0.243 e. The number of amides is 1. The minimum absolute atomic E-state index is 0.0924. The summed E-state index contributed by atoms with van der Waals surface area (Å²) in [5.41, 5.74) is 0.567. The number of carbonyl (C=O) groups excluding carboxylic acids is 1. The lowest BCUT2D eigenvalue weighted by Gasteiger charge is -2.34. The summed E-state index contributed by atoms with van der Waals surface area (Å²) in [4.78, 5) is 17.2. The van der Waals surface area contributed by atoms with Crippen molar-refractivity contribution in [2.75, 3.05) is 73.4 Å². The number of aromatic nitrogens is 2. The first-order valence-corrected chi connectivity index (χ1v) is 13.4. The van der Waals surface area contributed by atoms with Crippen LogP contribution in [0.25, 0.3) is 0 Å². The summed E-state index contributed by atoms with van der Waals surface area (Å²) in [6.07, 6.45) is 0.416. The van der Waals surface area contributed by atoms with Crippen molar-refractivity contribution >= 4 is 45.0 Å². The van der Waals surface area contributed by atoms with Crippen molar-refractivity contribution in [1.29, 1.82) is 0 Å². The molecule has 12 heteroatoms. The van der Waals surface area contributed by atoms with Gasteiger partial charge in [0.15, 0.2) is 11.6 Å². The molecule has 1 aromatic heterocycles. The molecule has 1 amide bonds. The topological polar surface area (TPSA) is 108 Å². The Hall–Kier alpha value is -2.41. The number of nitrogens with one attached hydrogen (secondary N) is 1. The Morgan fingerprint density at radius 1 is 0.909 bits per heavy atom. The Balaban J connectivity index is 1.24. The van der Waals surface area contributed by atoms with E-state index in [4.69, 9.17) is 4.74 Å². The van der Waals surface area contributed by atoms with Crippen molar-refractivity contribution in [2.45, 2.75) is 16.2 Å². The molecular formula is C21H26N6O4S2. The summed E-state index contributed by atoms with van der Waals surface area (Å²) >= 11 is 1.56. The zero-order chi connectivity index (χ0) is 22.8. The molecular weight excluding hydrogens is 464 g/mol. The maximum absolute atomic E-state index is 13.2. The van der Waals surface area contributed by atoms with Gasteiger partial charge in [0.05, 0.1) is 23.8 Å². The van der Waals surface area contributed by atoms with Crippen LogP contribution in [-0.4, -0.2) is 87.1 Å². The van der Waals surface area contributed by atoms with E-state index in [-0.39, 0.29) is 10.8 Å². The van der Waals surface area contributed by atoms with Crippen LogP contribution < -0.4 is 15.1 Å². The number of rotatable bonds is 4. The van der Waals surface area contributed by atoms with Gasteiger partial charge >= 0.3 is 0 Å². The molecule has 1 aromatic carbocycles. The van der Waals surface area contributed by atoms with E-state index < -0.39 is 10.0 Å².